The molecule has 4 heteroatoms. The van der Waals surface area contributed by atoms with Gasteiger partial charge >= 0.3 is 8.25 Å². The van der Waals surface area contributed by atoms with Crippen molar-refractivity contribution in [3.8, 4) is 0 Å². The van der Waals surface area contributed by atoms with Crippen molar-refractivity contribution in [3.05, 3.63) is 35.9 Å². The molecule has 0 amide bonds. The van der Waals surface area contributed by atoms with Crippen molar-refractivity contribution in [2.75, 3.05) is 6.61 Å². The minimum atomic E-state index is -1.90. The monoisotopic (exact) mass is 197 g/mol. The van der Waals surface area contributed by atoms with Crippen molar-refractivity contribution in [2.24, 2.45) is 0 Å². The van der Waals surface area contributed by atoms with Gasteiger partial charge in [-0.3, -0.25) is 0 Å². The summed E-state index contributed by atoms with van der Waals surface area (Å²) in [4.78, 5) is 0. The first kappa shape index (κ1) is 8.82. The van der Waals surface area contributed by atoms with E-state index in [4.69, 9.17) is 9.05 Å². The van der Waals surface area contributed by atoms with Crippen LogP contribution in [0, 0.1) is 0 Å². The van der Waals surface area contributed by atoms with E-state index < -0.39 is 8.25 Å². The van der Waals surface area contributed by atoms with Crippen LogP contribution in [0.1, 0.15) is 18.1 Å². The maximum Gasteiger partial charge on any atom is 0.698 e. The average Bonchev–Trinajstić information content (AvgIpc) is 2.19. The lowest BCUT2D eigenvalue weighted by molar-refractivity contribution is 0.0968. The molecule has 2 rings (SSSR count). The highest BCUT2D eigenvalue weighted by molar-refractivity contribution is 7.33. The van der Waals surface area contributed by atoms with Gasteiger partial charge in [-0.1, -0.05) is 30.3 Å². The predicted molar refractivity (Wildman–Crippen MR) is 48.4 cm³/mol. The number of hydrogen-bond donors (Lipinski definition) is 0. The van der Waals surface area contributed by atoms with Gasteiger partial charge in [0, 0.05) is 11.0 Å². The Morgan fingerprint density at radius 2 is 2.08 bits per heavy atom. The van der Waals surface area contributed by atoms with Crippen molar-refractivity contribution in [3.63, 3.8) is 0 Å². The molecule has 2 atom stereocenters. The van der Waals surface area contributed by atoms with Crippen LogP contribution >= 0.6 is 8.25 Å². The quantitative estimate of drug-likeness (QED) is 0.649. The van der Waals surface area contributed by atoms with Gasteiger partial charge in [-0.15, -0.1) is 9.05 Å². The van der Waals surface area contributed by atoms with Gasteiger partial charge in [0.25, 0.3) is 0 Å². The maximum absolute atomic E-state index is 11.0. The topological polar surface area (TPSA) is 35.5 Å². The first-order valence-corrected chi connectivity index (χ1v) is 5.28. The molecule has 0 aromatic heterocycles. The first-order valence-electron chi connectivity index (χ1n) is 4.18. The molecule has 1 saturated heterocycles. The Morgan fingerprint density at radius 1 is 1.31 bits per heavy atom. The molecular formula is C9H10O3P+. The highest BCUT2D eigenvalue weighted by atomic mass is 31.1. The van der Waals surface area contributed by atoms with Gasteiger partial charge in [0.15, 0.2) is 0 Å². The number of hydrogen-bond acceptors (Lipinski definition) is 3. The third-order valence-electron chi connectivity index (χ3n) is 1.96. The van der Waals surface area contributed by atoms with Gasteiger partial charge in [0.1, 0.15) is 12.7 Å². The van der Waals surface area contributed by atoms with Crippen LogP contribution in [0.2, 0.25) is 0 Å². The minimum absolute atomic E-state index is 0.0708. The van der Waals surface area contributed by atoms with E-state index in [1.807, 2.05) is 30.3 Å². The molecule has 0 aliphatic carbocycles. The summed E-state index contributed by atoms with van der Waals surface area (Å²) in [6.45, 7) is 0.509. The maximum atomic E-state index is 11.0. The van der Waals surface area contributed by atoms with E-state index in [9.17, 15) is 4.57 Å². The van der Waals surface area contributed by atoms with Crippen molar-refractivity contribution in [2.45, 2.75) is 12.5 Å². The lowest BCUT2D eigenvalue weighted by Gasteiger charge is -2.12. The SMILES string of the molecule is O=[P+]1OCC[C@@H](c2ccccc2)O1. The molecule has 1 aliphatic heterocycles. The van der Waals surface area contributed by atoms with E-state index in [0.717, 1.165) is 12.0 Å². The number of rotatable bonds is 1. The fraction of sp³-hybridized carbons (Fsp3) is 0.333. The second-order valence-corrected chi connectivity index (χ2v) is 3.77. The first-order chi connectivity index (χ1) is 6.36. The van der Waals surface area contributed by atoms with Crippen molar-refractivity contribution < 1.29 is 13.6 Å². The van der Waals surface area contributed by atoms with Crippen molar-refractivity contribution in [1.82, 2.24) is 0 Å². The zero-order valence-electron chi connectivity index (χ0n) is 7.05. The highest BCUT2D eigenvalue weighted by Crippen LogP contribution is 2.39. The molecule has 0 saturated carbocycles. The van der Waals surface area contributed by atoms with Crippen LogP contribution in [-0.4, -0.2) is 6.61 Å². The number of benzene rings is 1. The normalized spacial score (nSPS) is 25.8. The van der Waals surface area contributed by atoms with E-state index in [1.54, 1.807) is 0 Å². The lowest BCUT2D eigenvalue weighted by atomic mass is 10.1. The summed E-state index contributed by atoms with van der Waals surface area (Å²) in [5, 5.41) is 0. The molecule has 0 radical (unpaired) electrons. The summed E-state index contributed by atoms with van der Waals surface area (Å²) < 4.78 is 20.9. The van der Waals surface area contributed by atoms with Crippen LogP contribution in [0.5, 0.6) is 0 Å². The van der Waals surface area contributed by atoms with Gasteiger partial charge < -0.3 is 0 Å². The van der Waals surface area contributed by atoms with E-state index in [2.05, 4.69) is 0 Å². The smallest absolute Gasteiger partial charge is 0.119 e. The molecule has 1 fully saturated rings. The van der Waals surface area contributed by atoms with E-state index in [-0.39, 0.29) is 6.10 Å². The van der Waals surface area contributed by atoms with Crippen LogP contribution in [-0.2, 0) is 13.6 Å². The van der Waals surface area contributed by atoms with Gasteiger partial charge in [-0.25, -0.2) is 0 Å². The summed E-state index contributed by atoms with van der Waals surface area (Å²) in [5.41, 5.74) is 1.06. The Bertz CT molecular complexity index is 299. The molecule has 0 N–H and O–H groups in total. The summed E-state index contributed by atoms with van der Waals surface area (Å²) >= 11 is 0. The lowest BCUT2D eigenvalue weighted by Crippen LogP contribution is -2.08. The van der Waals surface area contributed by atoms with E-state index >= 15 is 0 Å². The van der Waals surface area contributed by atoms with Crippen molar-refractivity contribution >= 4 is 8.25 Å². The largest absolute Gasteiger partial charge is 0.698 e. The standard InChI is InChI=1S/C9H10O3P/c10-13-11-7-6-9(12-13)8-4-2-1-3-5-8/h1-5,9H,6-7H2/q+1/t9-/m0/s1. The van der Waals surface area contributed by atoms with Gasteiger partial charge in [0.05, 0.1) is 0 Å². The Balaban J connectivity index is 2.13. The van der Waals surface area contributed by atoms with Gasteiger partial charge in [0.2, 0.25) is 0 Å². The van der Waals surface area contributed by atoms with E-state index in [0.29, 0.717) is 6.61 Å². The molecule has 13 heavy (non-hydrogen) atoms. The Morgan fingerprint density at radius 3 is 2.77 bits per heavy atom. The molecule has 1 unspecified atom stereocenters. The van der Waals surface area contributed by atoms with Crippen LogP contribution in [0.25, 0.3) is 0 Å². The summed E-state index contributed by atoms with van der Waals surface area (Å²) in [6, 6.07) is 9.78. The summed E-state index contributed by atoms with van der Waals surface area (Å²) in [5.74, 6) is 0. The molecule has 1 aromatic carbocycles. The zero-order chi connectivity index (χ0) is 9.10. The van der Waals surface area contributed by atoms with Crippen LogP contribution in [0.15, 0.2) is 30.3 Å². The zero-order valence-corrected chi connectivity index (χ0v) is 7.94. The Hall–Kier alpha value is -0.760. The average molecular weight is 197 g/mol. The molecule has 1 aliphatic rings. The second-order valence-electron chi connectivity index (χ2n) is 2.85. The molecule has 1 heterocycles. The highest BCUT2D eigenvalue weighted by Gasteiger charge is 2.33. The third-order valence-corrected chi connectivity index (χ3v) is 2.78. The van der Waals surface area contributed by atoms with E-state index in [1.165, 1.54) is 0 Å². The third kappa shape index (κ3) is 2.13. The Kier molecular flexibility index (Phi) is 2.69. The van der Waals surface area contributed by atoms with Gasteiger partial charge in [-0.2, -0.15) is 0 Å². The molecule has 0 bridgehead atoms. The molecular weight excluding hydrogens is 187 g/mol. The van der Waals surface area contributed by atoms with Crippen LogP contribution in [0.4, 0.5) is 0 Å². The second kappa shape index (κ2) is 3.97. The summed E-state index contributed by atoms with van der Waals surface area (Å²) in [6.07, 6.45) is 0.698. The van der Waals surface area contributed by atoms with Crippen LogP contribution in [0.3, 0.4) is 0 Å². The fourth-order valence-corrected chi connectivity index (χ4v) is 2.07. The summed E-state index contributed by atoms with van der Waals surface area (Å²) in [7, 11) is -1.90. The fourth-order valence-electron chi connectivity index (χ4n) is 1.32. The molecule has 3 nitrogen and oxygen atoms in total. The van der Waals surface area contributed by atoms with Gasteiger partial charge in [-0.05, 0) is 5.56 Å². The molecule has 0 spiro atoms. The van der Waals surface area contributed by atoms with Crippen LogP contribution < -0.4 is 0 Å². The molecule has 68 valence electrons. The minimum Gasteiger partial charge on any atom is -0.119 e. The predicted octanol–water partition coefficient (Wildman–Crippen LogP) is 2.82. The molecule has 1 aromatic rings. The Labute approximate surface area is 77.6 Å². The van der Waals surface area contributed by atoms with Crippen molar-refractivity contribution in [1.29, 1.82) is 0 Å².